The third-order valence-electron chi connectivity index (χ3n) is 1.42. The lowest BCUT2D eigenvalue weighted by molar-refractivity contribution is -0.139. The van der Waals surface area contributed by atoms with Crippen LogP contribution in [0.4, 0.5) is 0 Å². The Morgan fingerprint density at radius 3 is 2.45 bits per heavy atom. The monoisotopic (exact) mass is 151 g/mol. The summed E-state index contributed by atoms with van der Waals surface area (Å²) >= 11 is 0. The molecule has 1 atom stereocenters. The van der Waals surface area contributed by atoms with Gasteiger partial charge in [0, 0.05) is 12.4 Å². The first kappa shape index (κ1) is 7.60. The number of aromatic nitrogens is 1. The summed E-state index contributed by atoms with van der Waals surface area (Å²) in [5, 5.41) is 8.65. The number of hydrogen-bond donors (Lipinski definition) is 1. The molecular formula is C8H9NO2. The molecule has 0 fully saturated rings. The molecule has 1 rings (SSSR count). The molecule has 0 aliphatic heterocycles. The van der Waals surface area contributed by atoms with E-state index in [0.717, 1.165) is 0 Å². The van der Waals surface area contributed by atoms with Crippen molar-refractivity contribution in [3.05, 3.63) is 37.2 Å². The molecule has 0 aliphatic carbocycles. The molecular weight excluding hydrogens is 142 g/mol. The summed E-state index contributed by atoms with van der Waals surface area (Å²) in [7, 11) is 0. The van der Waals surface area contributed by atoms with Crippen molar-refractivity contribution in [3.63, 3.8) is 0 Å². The lowest BCUT2D eigenvalue weighted by Crippen LogP contribution is -2.14. The van der Waals surface area contributed by atoms with Crippen LogP contribution >= 0.6 is 0 Å². The molecule has 0 radical (unpaired) electrons. The third-order valence-corrected chi connectivity index (χ3v) is 1.42. The molecule has 0 saturated heterocycles. The van der Waals surface area contributed by atoms with Crippen molar-refractivity contribution in [1.82, 2.24) is 4.57 Å². The highest BCUT2D eigenvalue weighted by Crippen LogP contribution is 2.07. The lowest BCUT2D eigenvalue weighted by Gasteiger charge is -2.07. The van der Waals surface area contributed by atoms with Crippen LogP contribution in [0.5, 0.6) is 0 Å². The average molecular weight is 151 g/mol. The number of carboxylic acid groups (broad SMARTS) is 1. The summed E-state index contributed by atoms with van der Waals surface area (Å²) in [6, 6.07) is 2.91. The first-order valence-electron chi connectivity index (χ1n) is 3.23. The van der Waals surface area contributed by atoms with Gasteiger partial charge in [0.25, 0.3) is 0 Å². The summed E-state index contributed by atoms with van der Waals surface area (Å²) in [6.45, 7) is 3.44. The Morgan fingerprint density at radius 1 is 1.55 bits per heavy atom. The van der Waals surface area contributed by atoms with Crippen molar-refractivity contribution >= 4 is 5.97 Å². The predicted molar refractivity (Wildman–Crippen MR) is 41.3 cm³/mol. The molecule has 1 heterocycles. The van der Waals surface area contributed by atoms with Crippen molar-refractivity contribution in [2.45, 2.75) is 6.04 Å². The molecule has 1 aromatic rings. The minimum atomic E-state index is -0.892. The maximum absolute atomic E-state index is 10.5. The van der Waals surface area contributed by atoms with Gasteiger partial charge in [-0.2, -0.15) is 0 Å². The zero-order chi connectivity index (χ0) is 8.27. The number of hydrogen-bond acceptors (Lipinski definition) is 1. The van der Waals surface area contributed by atoms with Crippen LogP contribution < -0.4 is 0 Å². The van der Waals surface area contributed by atoms with E-state index in [1.165, 1.54) is 6.08 Å². The van der Waals surface area contributed by atoms with Gasteiger partial charge in [-0.15, -0.1) is 6.58 Å². The zero-order valence-corrected chi connectivity index (χ0v) is 5.97. The largest absolute Gasteiger partial charge is 0.479 e. The van der Waals surface area contributed by atoms with Crippen LogP contribution in [0.15, 0.2) is 37.2 Å². The standard InChI is InChI=1S/C8H9NO2/c1-2-7(8(10)11)9-5-3-4-6-9/h2-7H,1H2,(H,10,11). The van der Waals surface area contributed by atoms with Crippen LogP contribution in [-0.2, 0) is 4.79 Å². The van der Waals surface area contributed by atoms with E-state index in [9.17, 15) is 4.79 Å². The number of carbonyl (C=O) groups is 1. The van der Waals surface area contributed by atoms with Crippen molar-refractivity contribution in [3.8, 4) is 0 Å². The second kappa shape index (κ2) is 3.05. The van der Waals surface area contributed by atoms with Crippen LogP contribution in [0.3, 0.4) is 0 Å². The number of nitrogens with zero attached hydrogens (tertiary/aromatic N) is 1. The minimum absolute atomic E-state index is 0.648. The van der Waals surface area contributed by atoms with Crippen molar-refractivity contribution < 1.29 is 9.90 Å². The Hall–Kier alpha value is -1.51. The fraction of sp³-hybridized carbons (Fsp3) is 0.125. The van der Waals surface area contributed by atoms with E-state index in [0.29, 0.717) is 0 Å². The van der Waals surface area contributed by atoms with Crippen LogP contribution in [-0.4, -0.2) is 15.6 Å². The number of aliphatic carboxylic acids is 1. The van der Waals surface area contributed by atoms with Crippen molar-refractivity contribution in [1.29, 1.82) is 0 Å². The van der Waals surface area contributed by atoms with Gasteiger partial charge in [0.15, 0.2) is 0 Å². The summed E-state index contributed by atoms with van der Waals surface area (Å²) in [5.74, 6) is -0.892. The highest BCUT2D eigenvalue weighted by Gasteiger charge is 2.12. The van der Waals surface area contributed by atoms with E-state index >= 15 is 0 Å². The van der Waals surface area contributed by atoms with Gasteiger partial charge >= 0.3 is 5.97 Å². The molecule has 0 aromatic carbocycles. The summed E-state index contributed by atoms with van der Waals surface area (Å²) in [5.41, 5.74) is 0. The van der Waals surface area contributed by atoms with Gasteiger partial charge in [-0.1, -0.05) is 6.08 Å². The first-order valence-corrected chi connectivity index (χ1v) is 3.23. The zero-order valence-electron chi connectivity index (χ0n) is 5.97. The van der Waals surface area contributed by atoms with E-state index in [2.05, 4.69) is 6.58 Å². The van der Waals surface area contributed by atoms with Crippen LogP contribution in [0, 0.1) is 0 Å². The fourth-order valence-corrected chi connectivity index (χ4v) is 0.883. The Balaban J connectivity index is 2.88. The summed E-state index contributed by atoms with van der Waals surface area (Å²) < 4.78 is 1.58. The Kier molecular flexibility index (Phi) is 2.11. The van der Waals surface area contributed by atoms with Gasteiger partial charge in [-0.25, -0.2) is 4.79 Å². The predicted octanol–water partition coefficient (Wildman–Crippen LogP) is 1.30. The van der Waals surface area contributed by atoms with Crippen LogP contribution in [0.1, 0.15) is 6.04 Å². The first-order chi connectivity index (χ1) is 5.25. The second-order valence-corrected chi connectivity index (χ2v) is 2.15. The Bertz CT molecular complexity index is 251. The highest BCUT2D eigenvalue weighted by molar-refractivity contribution is 5.73. The Morgan fingerprint density at radius 2 is 2.09 bits per heavy atom. The summed E-state index contributed by atoms with van der Waals surface area (Å²) in [6.07, 6.45) is 4.78. The average Bonchev–Trinajstić information content (AvgIpc) is 2.40. The lowest BCUT2D eigenvalue weighted by atomic mass is 10.3. The van der Waals surface area contributed by atoms with Gasteiger partial charge in [-0.05, 0) is 12.1 Å². The molecule has 11 heavy (non-hydrogen) atoms. The topological polar surface area (TPSA) is 42.2 Å². The molecule has 58 valence electrons. The molecule has 0 spiro atoms. The van der Waals surface area contributed by atoms with E-state index in [-0.39, 0.29) is 0 Å². The maximum atomic E-state index is 10.5. The molecule has 1 N–H and O–H groups in total. The normalized spacial score (nSPS) is 12.4. The molecule has 0 aliphatic rings. The molecule has 0 amide bonds. The number of rotatable bonds is 3. The molecule has 1 aromatic heterocycles. The third kappa shape index (κ3) is 1.49. The molecule has 0 saturated carbocycles. The number of carboxylic acids is 1. The van der Waals surface area contributed by atoms with Gasteiger partial charge in [0.2, 0.25) is 0 Å². The van der Waals surface area contributed by atoms with E-state index < -0.39 is 12.0 Å². The quantitative estimate of drug-likeness (QED) is 0.661. The minimum Gasteiger partial charge on any atom is -0.479 e. The molecule has 3 heteroatoms. The van der Waals surface area contributed by atoms with Crippen molar-refractivity contribution in [2.75, 3.05) is 0 Å². The molecule has 1 unspecified atom stereocenters. The Labute approximate surface area is 64.6 Å². The van der Waals surface area contributed by atoms with Crippen molar-refractivity contribution in [2.24, 2.45) is 0 Å². The second-order valence-electron chi connectivity index (χ2n) is 2.15. The van der Waals surface area contributed by atoms with E-state index in [1.54, 1.807) is 29.1 Å². The fourth-order valence-electron chi connectivity index (χ4n) is 0.883. The SMILES string of the molecule is C=CC(C(=O)O)n1cccc1. The highest BCUT2D eigenvalue weighted by atomic mass is 16.4. The van der Waals surface area contributed by atoms with Crippen LogP contribution in [0.25, 0.3) is 0 Å². The van der Waals surface area contributed by atoms with Gasteiger partial charge in [0.05, 0.1) is 0 Å². The van der Waals surface area contributed by atoms with E-state index in [1.807, 2.05) is 0 Å². The van der Waals surface area contributed by atoms with Gasteiger partial charge in [-0.3, -0.25) is 0 Å². The van der Waals surface area contributed by atoms with E-state index in [4.69, 9.17) is 5.11 Å². The molecule has 0 bridgehead atoms. The van der Waals surface area contributed by atoms with Crippen LogP contribution in [0.2, 0.25) is 0 Å². The summed E-state index contributed by atoms with van der Waals surface area (Å²) in [4.78, 5) is 10.5. The molecule has 3 nitrogen and oxygen atoms in total. The van der Waals surface area contributed by atoms with Gasteiger partial charge < -0.3 is 9.67 Å². The smallest absolute Gasteiger partial charge is 0.330 e. The van der Waals surface area contributed by atoms with Gasteiger partial charge in [0.1, 0.15) is 6.04 Å². The maximum Gasteiger partial charge on any atom is 0.330 e.